The summed E-state index contributed by atoms with van der Waals surface area (Å²) >= 11 is 0. The van der Waals surface area contributed by atoms with Crippen LogP contribution in [0.5, 0.6) is 0 Å². The molecule has 2 heterocycles. The molecule has 1 amide bonds. The lowest BCUT2D eigenvalue weighted by Gasteiger charge is -2.36. The van der Waals surface area contributed by atoms with Crippen molar-refractivity contribution in [3.05, 3.63) is 23.9 Å². The van der Waals surface area contributed by atoms with Gasteiger partial charge in [0.05, 0.1) is 0 Å². The first kappa shape index (κ1) is 19.7. The highest BCUT2D eigenvalue weighted by Crippen LogP contribution is 2.31. The molecule has 1 aromatic heterocycles. The first-order valence-corrected chi connectivity index (χ1v) is 9.48. The third-order valence-electron chi connectivity index (χ3n) is 4.58. The minimum absolute atomic E-state index is 0.380. The normalized spacial score (nSPS) is 18.8. The SMILES string of the molecule is CCCCN1CCCC[C@@H]1c1ccc(N(C)C(=O)OC(C)(C)C)nc1. The zero-order chi connectivity index (χ0) is 18.4. The average Bonchev–Trinajstić information content (AvgIpc) is 2.58. The predicted molar refractivity (Wildman–Crippen MR) is 102 cm³/mol. The Bertz CT molecular complexity index is 551. The van der Waals surface area contributed by atoms with E-state index in [-0.39, 0.29) is 6.09 Å². The van der Waals surface area contributed by atoms with Gasteiger partial charge in [0.2, 0.25) is 0 Å². The molecule has 1 atom stereocenters. The van der Waals surface area contributed by atoms with Crippen LogP contribution in [0.1, 0.15) is 71.4 Å². The van der Waals surface area contributed by atoms with Crippen LogP contribution in [0.3, 0.4) is 0 Å². The molecule has 25 heavy (non-hydrogen) atoms. The Morgan fingerprint density at radius 1 is 1.36 bits per heavy atom. The highest BCUT2D eigenvalue weighted by Gasteiger charge is 2.25. The fourth-order valence-corrected chi connectivity index (χ4v) is 3.21. The number of rotatable bonds is 5. The van der Waals surface area contributed by atoms with Crippen molar-refractivity contribution in [2.45, 2.75) is 71.4 Å². The molecule has 140 valence electrons. The second kappa shape index (κ2) is 8.65. The second-order valence-corrected chi connectivity index (χ2v) is 7.89. The average molecular weight is 348 g/mol. The van der Waals surface area contributed by atoms with Crippen molar-refractivity contribution in [2.75, 3.05) is 25.0 Å². The minimum atomic E-state index is -0.507. The van der Waals surface area contributed by atoms with Crippen LogP contribution >= 0.6 is 0 Å². The summed E-state index contributed by atoms with van der Waals surface area (Å²) in [5.74, 6) is 0.619. The molecule has 0 bridgehead atoms. The molecule has 5 heteroatoms. The van der Waals surface area contributed by atoms with Gasteiger partial charge in [-0.2, -0.15) is 0 Å². The summed E-state index contributed by atoms with van der Waals surface area (Å²) in [4.78, 5) is 20.7. The molecule has 0 aromatic carbocycles. The molecule has 0 aliphatic carbocycles. The monoisotopic (exact) mass is 347 g/mol. The van der Waals surface area contributed by atoms with Gasteiger partial charge in [0, 0.05) is 19.3 Å². The van der Waals surface area contributed by atoms with Crippen LogP contribution in [0.2, 0.25) is 0 Å². The van der Waals surface area contributed by atoms with Gasteiger partial charge in [0.15, 0.2) is 0 Å². The Morgan fingerprint density at radius 2 is 2.12 bits per heavy atom. The molecule has 0 N–H and O–H groups in total. The summed E-state index contributed by atoms with van der Waals surface area (Å²) in [5, 5.41) is 0. The summed E-state index contributed by atoms with van der Waals surface area (Å²) < 4.78 is 5.40. The van der Waals surface area contributed by atoms with Gasteiger partial charge < -0.3 is 4.74 Å². The van der Waals surface area contributed by atoms with Crippen molar-refractivity contribution in [1.29, 1.82) is 0 Å². The highest BCUT2D eigenvalue weighted by molar-refractivity contribution is 5.85. The first-order chi connectivity index (χ1) is 11.8. The van der Waals surface area contributed by atoms with Crippen molar-refractivity contribution in [1.82, 2.24) is 9.88 Å². The van der Waals surface area contributed by atoms with Crippen molar-refractivity contribution < 1.29 is 9.53 Å². The number of likely N-dealkylation sites (tertiary alicyclic amines) is 1. The summed E-state index contributed by atoms with van der Waals surface area (Å²) in [5.41, 5.74) is 0.741. The maximum Gasteiger partial charge on any atom is 0.415 e. The maximum atomic E-state index is 12.2. The number of hydrogen-bond donors (Lipinski definition) is 0. The standard InChI is InChI=1S/C20H33N3O2/c1-6-7-13-23-14-9-8-10-17(23)16-11-12-18(21-15-16)22(5)19(24)25-20(2,3)4/h11-12,15,17H,6-10,13-14H2,1-5H3/t17-/m1/s1. The molecule has 1 aromatic rings. The molecule has 0 radical (unpaired) electrons. The van der Waals surface area contributed by atoms with E-state index in [0.717, 1.165) is 6.54 Å². The largest absolute Gasteiger partial charge is 0.443 e. The topological polar surface area (TPSA) is 45.7 Å². The smallest absolute Gasteiger partial charge is 0.415 e. The number of hydrogen-bond acceptors (Lipinski definition) is 4. The molecule has 0 saturated carbocycles. The Morgan fingerprint density at radius 3 is 2.72 bits per heavy atom. The van der Waals surface area contributed by atoms with E-state index in [1.54, 1.807) is 7.05 Å². The fraction of sp³-hybridized carbons (Fsp3) is 0.700. The van der Waals surface area contributed by atoms with E-state index in [4.69, 9.17) is 4.74 Å². The van der Waals surface area contributed by atoms with Gasteiger partial charge in [-0.25, -0.2) is 9.78 Å². The van der Waals surface area contributed by atoms with E-state index >= 15 is 0 Å². The molecule has 5 nitrogen and oxygen atoms in total. The van der Waals surface area contributed by atoms with Gasteiger partial charge in [-0.1, -0.05) is 25.8 Å². The summed E-state index contributed by atoms with van der Waals surface area (Å²) in [6.45, 7) is 10.2. The van der Waals surface area contributed by atoms with E-state index < -0.39 is 5.60 Å². The fourth-order valence-electron chi connectivity index (χ4n) is 3.21. The van der Waals surface area contributed by atoms with Crippen LogP contribution in [0.4, 0.5) is 10.6 Å². The van der Waals surface area contributed by atoms with E-state index in [9.17, 15) is 4.79 Å². The number of carbonyl (C=O) groups is 1. The summed E-state index contributed by atoms with van der Waals surface area (Å²) in [7, 11) is 1.70. The van der Waals surface area contributed by atoms with Crippen LogP contribution in [0, 0.1) is 0 Å². The maximum absolute atomic E-state index is 12.2. The Labute approximate surface area is 152 Å². The molecule has 2 rings (SSSR count). The lowest BCUT2D eigenvalue weighted by molar-refractivity contribution is 0.0588. The van der Waals surface area contributed by atoms with Crippen LogP contribution in [0.15, 0.2) is 18.3 Å². The number of piperidine rings is 1. The number of aromatic nitrogens is 1. The minimum Gasteiger partial charge on any atom is -0.443 e. The number of unbranched alkanes of at least 4 members (excludes halogenated alkanes) is 1. The second-order valence-electron chi connectivity index (χ2n) is 7.89. The summed E-state index contributed by atoms with van der Waals surface area (Å²) in [6.07, 6.45) is 7.75. The van der Waals surface area contributed by atoms with E-state index in [2.05, 4.69) is 22.9 Å². The van der Waals surface area contributed by atoms with Crippen LogP contribution < -0.4 is 4.90 Å². The number of pyridine rings is 1. The van der Waals surface area contributed by atoms with E-state index in [1.807, 2.05) is 33.0 Å². The Balaban J connectivity index is 2.06. The lowest BCUT2D eigenvalue weighted by Crippen LogP contribution is -2.35. The quantitative estimate of drug-likeness (QED) is 0.769. The van der Waals surface area contributed by atoms with Crippen molar-refractivity contribution in [3.63, 3.8) is 0 Å². The molecular formula is C20H33N3O2. The van der Waals surface area contributed by atoms with Crippen molar-refractivity contribution >= 4 is 11.9 Å². The molecule has 1 aliphatic heterocycles. The highest BCUT2D eigenvalue weighted by atomic mass is 16.6. The zero-order valence-corrected chi connectivity index (χ0v) is 16.4. The van der Waals surface area contributed by atoms with E-state index in [0.29, 0.717) is 11.9 Å². The van der Waals surface area contributed by atoms with Crippen LogP contribution in [0.25, 0.3) is 0 Å². The van der Waals surface area contributed by atoms with Gasteiger partial charge in [-0.05, 0) is 64.8 Å². The molecule has 1 aliphatic rings. The molecule has 0 spiro atoms. The predicted octanol–water partition coefficient (Wildman–Crippen LogP) is 4.78. The number of anilines is 1. The zero-order valence-electron chi connectivity index (χ0n) is 16.4. The van der Waals surface area contributed by atoms with Gasteiger partial charge in [0.25, 0.3) is 0 Å². The van der Waals surface area contributed by atoms with Crippen LogP contribution in [-0.4, -0.2) is 41.7 Å². The third kappa shape index (κ3) is 5.70. The van der Waals surface area contributed by atoms with Gasteiger partial charge in [0.1, 0.15) is 11.4 Å². The molecule has 1 saturated heterocycles. The van der Waals surface area contributed by atoms with Gasteiger partial charge in [-0.15, -0.1) is 0 Å². The van der Waals surface area contributed by atoms with Crippen molar-refractivity contribution in [2.24, 2.45) is 0 Å². The van der Waals surface area contributed by atoms with Crippen molar-refractivity contribution in [3.8, 4) is 0 Å². The number of ether oxygens (including phenoxy) is 1. The van der Waals surface area contributed by atoms with E-state index in [1.165, 1.54) is 49.1 Å². The molecule has 1 fully saturated rings. The Hall–Kier alpha value is -1.62. The third-order valence-corrected chi connectivity index (χ3v) is 4.58. The Kier molecular flexibility index (Phi) is 6.82. The summed E-state index contributed by atoms with van der Waals surface area (Å²) in [6, 6.07) is 4.48. The van der Waals surface area contributed by atoms with Gasteiger partial charge in [-0.3, -0.25) is 9.80 Å². The van der Waals surface area contributed by atoms with Gasteiger partial charge >= 0.3 is 6.09 Å². The van der Waals surface area contributed by atoms with Crippen LogP contribution in [-0.2, 0) is 4.74 Å². The molecule has 0 unspecified atom stereocenters. The number of amides is 1. The lowest BCUT2D eigenvalue weighted by atomic mass is 9.96. The molecular weight excluding hydrogens is 314 g/mol. The number of carbonyl (C=O) groups excluding carboxylic acids is 1. The first-order valence-electron chi connectivity index (χ1n) is 9.48. The number of nitrogens with zero attached hydrogens (tertiary/aromatic N) is 3.